The number of carbonyl (C=O) groups is 1. The topological polar surface area (TPSA) is 76.2 Å². The van der Waals surface area contributed by atoms with Gasteiger partial charge < -0.3 is 9.52 Å². The summed E-state index contributed by atoms with van der Waals surface area (Å²) in [7, 11) is 0. The van der Waals surface area contributed by atoms with Crippen LogP contribution in [0.3, 0.4) is 0 Å². The molecule has 5 heteroatoms. The van der Waals surface area contributed by atoms with Crippen molar-refractivity contribution in [1.82, 2.24) is 10.2 Å². The Hall–Kier alpha value is -2.17. The summed E-state index contributed by atoms with van der Waals surface area (Å²) in [6, 6.07) is 6.59. The zero-order valence-corrected chi connectivity index (χ0v) is 10.8. The predicted molar refractivity (Wildman–Crippen MR) is 70.3 cm³/mol. The summed E-state index contributed by atoms with van der Waals surface area (Å²) in [5.41, 5.74) is 0.889. The Morgan fingerprint density at radius 3 is 2.80 bits per heavy atom. The van der Waals surface area contributed by atoms with Gasteiger partial charge in [-0.25, -0.2) is 4.79 Å². The summed E-state index contributed by atoms with van der Waals surface area (Å²) < 4.78 is 5.75. The van der Waals surface area contributed by atoms with Gasteiger partial charge in [0.25, 0.3) is 0 Å². The largest absolute Gasteiger partial charge is 0.478 e. The molecule has 4 rings (SSSR count). The van der Waals surface area contributed by atoms with Crippen molar-refractivity contribution < 1.29 is 14.3 Å². The fourth-order valence-electron chi connectivity index (χ4n) is 3.46. The maximum absolute atomic E-state index is 11.0. The maximum Gasteiger partial charge on any atom is 0.335 e. The van der Waals surface area contributed by atoms with E-state index in [0.717, 1.165) is 17.7 Å². The van der Waals surface area contributed by atoms with Crippen molar-refractivity contribution in [3.8, 4) is 11.5 Å². The standard InChI is InChI=1S/C15H14N2O3/c18-15(19)9-4-1-3-8(7-9)13-16-17-14(20-13)12-10-5-2-6-11(10)12/h1,3-4,7,10-12H,2,5-6H2,(H,18,19). The molecule has 1 aromatic carbocycles. The van der Waals surface area contributed by atoms with E-state index in [4.69, 9.17) is 9.52 Å². The van der Waals surface area contributed by atoms with Gasteiger partial charge in [-0.2, -0.15) is 0 Å². The van der Waals surface area contributed by atoms with E-state index in [9.17, 15) is 4.79 Å². The lowest BCUT2D eigenvalue weighted by molar-refractivity contribution is 0.0697. The summed E-state index contributed by atoms with van der Waals surface area (Å²) in [6.45, 7) is 0. The van der Waals surface area contributed by atoms with Crippen LogP contribution in [-0.4, -0.2) is 21.3 Å². The van der Waals surface area contributed by atoms with E-state index in [2.05, 4.69) is 10.2 Å². The number of aromatic carboxylic acids is 1. The number of aromatic nitrogens is 2. The van der Waals surface area contributed by atoms with Crippen LogP contribution >= 0.6 is 0 Å². The minimum atomic E-state index is -0.955. The second-order valence-corrected chi connectivity index (χ2v) is 5.62. The van der Waals surface area contributed by atoms with Crippen molar-refractivity contribution in [1.29, 1.82) is 0 Å². The molecule has 2 saturated carbocycles. The first-order chi connectivity index (χ1) is 9.74. The van der Waals surface area contributed by atoms with Crippen molar-refractivity contribution in [3.63, 3.8) is 0 Å². The molecule has 2 aliphatic rings. The maximum atomic E-state index is 11.0. The van der Waals surface area contributed by atoms with E-state index < -0.39 is 5.97 Å². The molecule has 0 spiro atoms. The van der Waals surface area contributed by atoms with Crippen LogP contribution in [0.25, 0.3) is 11.5 Å². The number of fused-ring (bicyclic) bond motifs is 1. The fraction of sp³-hybridized carbons (Fsp3) is 0.400. The second-order valence-electron chi connectivity index (χ2n) is 5.62. The monoisotopic (exact) mass is 270 g/mol. The molecular formula is C15H14N2O3. The van der Waals surface area contributed by atoms with Crippen molar-refractivity contribution in [2.45, 2.75) is 25.2 Å². The summed E-state index contributed by atoms with van der Waals surface area (Å²) in [4.78, 5) is 11.0. The van der Waals surface area contributed by atoms with Gasteiger partial charge in [-0.1, -0.05) is 12.5 Å². The van der Waals surface area contributed by atoms with E-state index in [1.165, 1.54) is 19.3 Å². The number of benzene rings is 1. The Morgan fingerprint density at radius 2 is 2.05 bits per heavy atom. The molecule has 1 heterocycles. The summed E-state index contributed by atoms with van der Waals surface area (Å²) in [5, 5.41) is 17.2. The minimum Gasteiger partial charge on any atom is -0.478 e. The zero-order valence-electron chi connectivity index (χ0n) is 10.8. The Labute approximate surface area is 115 Å². The number of nitrogens with zero attached hydrogens (tertiary/aromatic N) is 2. The van der Waals surface area contributed by atoms with Crippen molar-refractivity contribution >= 4 is 5.97 Å². The van der Waals surface area contributed by atoms with Crippen LogP contribution in [-0.2, 0) is 0 Å². The van der Waals surface area contributed by atoms with Crippen molar-refractivity contribution in [2.24, 2.45) is 11.8 Å². The highest BCUT2D eigenvalue weighted by molar-refractivity contribution is 5.88. The Kier molecular flexibility index (Phi) is 2.42. The molecule has 2 aliphatic carbocycles. The molecule has 0 amide bonds. The summed E-state index contributed by atoms with van der Waals surface area (Å²) >= 11 is 0. The highest BCUT2D eigenvalue weighted by Crippen LogP contribution is 2.62. The van der Waals surface area contributed by atoms with Gasteiger partial charge in [0.05, 0.1) is 5.56 Å². The van der Waals surface area contributed by atoms with Crippen LogP contribution in [0.1, 0.15) is 41.4 Å². The van der Waals surface area contributed by atoms with Gasteiger partial charge in [-0.15, -0.1) is 10.2 Å². The Morgan fingerprint density at radius 1 is 1.25 bits per heavy atom. The highest BCUT2D eigenvalue weighted by atomic mass is 16.4. The molecule has 2 aromatic rings. The lowest BCUT2D eigenvalue weighted by Gasteiger charge is -1.98. The van der Waals surface area contributed by atoms with Gasteiger partial charge in [0, 0.05) is 11.5 Å². The molecule has 0 aliphatic heterocycles. The second kappa shape index (κ2) is 4.16. The van der Waals surface area contributed by atoms with E-state index in [1.807, 2.05) is 0 Å². The van der Waals surface area contributed by atoms with Gasteiger partial charge in [0.15, 0.2) is 0 Å². The highest BCUT2D eigenvalue weighted by Gasteiger charge is 2.56. The minimum absolute atomic E-state index is 0.227. The molecule has 0 bridgehead atoms. The van der Waals surface area contributed by atoms with Gasteiger partial charge in [-0.3, -0.25) is 0 Å². The molecular weight excluding hydrogens is 256 g/mol. The first-order valence-electron chi connectivity index (χ1n) is 6.91. The van der Waals surface area contributed by atoms with E-state index >= 15 is 0 Å². The van der Waals surface area contributed by atoms with Gasteiger partial charge in [0.1, 0.15) is 0 Å². The number of carboxylic acid groups (broad SMARTS) is 1. The third-order valence-corrected chi connectivity index (χ3v) is 4.49. The first-order valence-corrected chi connectivity index (χ1v) is 6.91. The van der Waals surface area contributed by atoms with E-state index in [1.54, 1.807) is 24.3 Å². The normalized spacial score (nSPS) is 27.3. The average Bonchev–Trinajstić information content (AvgIpc) is 2.90. The lowest BCUT2D eigenvalue weighted by atomic mass is 10.1. The summed E-state index contributed by atoms with van der Waals surface area (Å²) in [6.07, 6.45) is 3.84. The number of carboxylic acids is 1. The zero-order chi connectivity index (χ0) is 13.7. The van der Waals surface area contributed by atoms with Crippen molar-refractivity contribution in [2.75, 3.05) is 0 Å². The van der Waals surface area contributed by atoms with Gasteiger partial charge in [-0.05, 0) is 42.9 Å². The Bertz CT molecular complexity index is 669. The van der Waals surface area contributed by atoms with Crippen LogP contribution < -0.4 is 0 Å². The lowest BCUT2D eigenvalue weighted by Crippen LogP contribution is -1.95. The number of hydrogen-bond donors (Lipinski definition) is 1. The molecule has 102 valence electrons. The molecule has 5 nitrogen and oxygen atoms in total. The third-order valence-electron chi connectivity index (χ3n) is 4.49. The molecule has 2 atom stereocenters. The Balaban J connectivity index is 1.62. The van der Waals surface area contributed by atoms with Crippen LogP contribution in [0.2, 0.25) is 0 Å². The molecule has 0 radical (unpaired) electrons. The van der Waals surface area contributed by atoms with Gasteiger partial charge in [0.2, 0.25) is 11.8 Å². The van der Waals surface area contributed by atoms with Crippen LogP contribution in [0.15, 0.2) is 28.7 Å². The average molecular weight is 270 g/mol. The van der Waals surface area contributed by atoms with Crippen LogP contribution in [0, 0.1) is 11.8 Å². The smallest absolute Gasteiger partial charge is 0.335 e. The van der Waals surface area contributed by atoms with E-state index in [0.29, 0.717) is 17.4 Å². The molecule has 1 aromatic heterocycles. The van der Waals surface area contributed by atoms with Crippen LogP contribution in [0.5, 0.6) is 0 Å². The van der Waals surface area contributed by atoms with Crippen molar-refractivity contribution in [3.05, 3.63) is 35.7 Å². The number of rotatable bonds is 3. The van der Waals surface area contributed by atoms with Gasteiger partial charge >= 0.3 is 5.97 Å². The van der Waals surface area contributed by atoms with Crippen LogP contribution in [0.4, 0.5) is 0 Å². The predicted octanol–water partition coefficient (Wildman–Crippen LogP) is 2.95. The fourth-order valence-corrected chi connectivity index (χ4v) is 3.46. The third kappa shape index (κ3) is 1.73. The molecule has 2 fully saturated rings. The first kappa shape index (κ1) is 11.6. The summed E-state index contributed by atoms with van der Waals surface area (Å²) in [5.74, 6) is 2.07. The number of hydrogen-bond acceptors (Lipinski definition) is 4. The molecule has 20 heavy (non-hydrogen) atoms. The molecule has 2 unspecified atom stereocenters. The van der Waals surface area contributed by atoms with E-state index in [-0.39, 0.29) is 5.56 Å². The molecule has 0 saturated heterocycles. The molecule has 1 N–H and O–H groups in total. The quantitative estimate of drug-likeness (QED) is 0.927. The SMILES string of the molecule is O=C(O)c1cccc(-c2nnc(C3C4CCCC43)o2)c1.